The SMILES string of the molecule is CCCCCCCCC(CCCCCC)CC(=O)OCCCCCCNC(CN1C=C=CCC=C1)C(C)C. The van der Waals surface area contributed by atoms with E-state index in [0.29, 0.717) is 30.9 Å². The molecule has 4 heteroatoms. The van der Waals surface area contributed by atoms with Crippen LogP contribution >= 0.6 is 0 Å². The summed E-state index contributed by atoms with van der Waals surface area (Å²) in [5.41, 5.74) is 3.24. The molecule has 2 atom stereocenters. The van der Waals surface area contributed by atoms with Gasteiger partial charge in [-0.25, -0.2) is 0 Å². The van der Waals surface area contributed by atoms with E-state index < -0.39 is 0 Å². The van der Waals surface area contributed by atoms with Gasteiger partial charge in [-0.05, 0) is 56.6 Å². The number of hydrogen-bond donors (Lipinski definition) is 1. The maximum atomic E-state index is 12.5. The third-order valence-corrected chi connectivity index (χ3v) is 7.75. The average Bonchev–Trinajstić information content (AvgIpc) is 3.17. The summed E-state index contributed by atoms with van der Waals surface area (Å²) < 4.78 is 5.65. The van der Waals surface area contributed by atoms with Gasteiger partial charge in [0.05, 0.1) is 6.61 Å². The zero-order valence-corrected chi connectivity index (χ0v) is 25.7. The Morgan fingerprint density at radius 3 is 2.24 bits per heavy atom. The van der Waals surface area contributed by atoms with E-state index in [2.05, 4.69) is 62.0 Å². The van der Waals surface area contributed by atoms with Gasteiger partial charge in [-0.1, -0.05) is 111 Å². The first-order valence-corrected chi connectivity index (χ1v) is 16.3. The van der Waals surface area contributed by atoms with Gasteiger partial charge in [-0.15, -0.1) is 5.73 Å². The van der Waals surface area contributed by atoms with E-state index in [9.17, 15) is 4.79 Å². The normalized spacial score (nSPS) is 14.7. The molecule has 1 heterocycles. The number of carbonyl (C=O) groups is 1. The van der Waals surface area contributed by atoms with Crippen LogP contribution in [-0.2, 0) is 9.53 Å². The van der Waals surface area contributed by atoms with Crippen molar-refractivity contribution < 1.29 is 9.53 Å². The van der Waals surface area contributed by atoms with E-state index in [1.807, 2.05) is 6.20 Å². The van der Waals surface area contributed by atoms with Crippen molar-refractivity contribution in [2.45, 2.75) is 149 Å². The van der Waals surface area contributed by atoms with Crippen LogP contribution in [0.5, 0.6) is 0 Å². The van der Waals surface area contributed by atoms with E-state index in [4.69, 9.17) is 4.74 Å². The monoisotopic (exact) mass is 530 g/mol. The molecule has 1 aliphatic heterocycles. The molecule has 0 fully saturated rings. The number of esters is 1. The summed E-state index contributed by atoms with van der Waals surface area (Å²) in [6, 6.07) is 0.461. The second-order valence-corrected chi connectivity index (χ2v) is 11.7. The molecule has 4 nitrogen and oxygen atoms in total. The number of carbonyl (C=O) groups excluding carboxylic acids is 1. The molecule has 0 aromatic rings. The lowest BCUT2D eigenvalue weighted by Gasteiger charge is -2.27. The van der Waals surface area contributed by atoms with Crippen molar-refractivity contribution in [2.24, 2.45) is 11.8 Å². The lowest BCUT2D eigenvalue weighted by molar-refractivity contribution is -0.145. The van der Waals surface area contributed by atoms with Crippen LogP contribution in [0.15, 0.2) is 30.3 Å². The Labute approximate surface area is 236 Å². The molecule has 1 rings (SSSR count). The van der Waals surface area contributed by atoms with Gasteiger partial charge in [-0.3, -0.25) is 4.79 Å². The second kappa shape index (κ2) is 24.5. The Kier molecular flexibility index (Phi) is 22.3. The van der Waals surface area contributed by atoms with Crippen molar-refractivity contribution >= 4 is 5.97 Å². The van der Waals surface area contributed by atoms with E-state index in [1.54, 1.807) is 0 Å². The summed E-state index contributed by atoms with van der Waals surface area (Å²) in [5, 5.41) is 3.75. The maximum absolute atomic E-state index is 12.5. The van der Waals surface area contributed by atoms with E-state index in [1.165, 1.54) is 89.9 Å². The standard InChI is InChI=1S/C34H62N2O2/c1-5-7-9-11-12-18-24-32(23-17-10-8-6-2)29-34(37)38-28-22-16-13-19-25-35-33(31(3)4)30-36-26-20-14-15-21-27-36/h14,21,26-27,31-33,35H,5-13,15-19,22-25,28-30H2,1-4H3. The molecule has 1 aliphatic rings. The van der Waals surface area contributed by atoms with Crippen molar-refractivity contribution in [3.63, 3.8) is 0 Å². The largest absolute Gasteiger partial charge is 0.466 e. The highest BCUT2D eigenvalue weighted by atomic mass is 16.5. The molecule has 1 N–H and O–H groups in total. The minimum atomic E-state index is 0.0318. The molecule has 38 heavy (non-hydrogen) atoms. The number of nitrogens with zero attached hydrogens (tertiary/aromatic N) is 1. The van der Waals surface area contributed by atoms with Crippen LogP contribution in [0.3, 0.4) is 0 Å². The fourth-order valence-electron chi connectivity index (χ4n) is 5.15. The molecular formula is C34H62N2O2. The highest BCUT2D eigenvalue weighted by Gasteiger charge is 2.16. The number of unbranched alkanes of at least 4 members (excludes halogenated alkanes) is 11. The minimum absolute atomic E-state index is 0.0318. The molecule has 220 valence electrons. The molecule has 0 aromatic carbocycles. The highest BCUT2D eigenvalue weighted by molar-refractivity contribution is 5.69. The van der Waals surface area contributed by atoms with E-state index in [0.717, 1.165) is 32.4 Å². The summed E-state index contributed by atoms with van der Waals surface area (Å²) in [6.45, 7) is 11.7. The summed E-state index contributed by atoms with van der Waals surface area (Å²) in [5.74, 6) is 1.13. The third kappa shape index (κ3) is 19.5. The second-order valence-electron chi connectivity index (χ2n) is 11.7. The quantitative estimate of drug-likeness (QED) is 0.0725. The molecule has 0 radical (unpaired) electrons. The average molecular weight is 531 g/mol. The zero-order valence-electron chi connectivity index (χ0n) is 25.7. The van der Waals surface area contributed by atoms with Crippen LogP contribution in [0.4, 0.5) is 0 Å². The van der Waals surface area contributed by atoms with Crippen LogP contribution < -0.4 is 5.32 Å². The molecule has 0 aliphatic carbocycles. The Morgan fingerprint density at radius 2 is 1.53 bits per heavy atom. The number of hydrogen-bond acceptors (Lipinski definition) is 4. The molecule has 0 saturated heterocycles. The van der Waals surface area contributed by atoms with Crippen molar-refractivity contribution in [3.05, 3.63) is 30.3 Å². The van der Waals surface area contributed by atoms with Crippen LogP contribution in [0.1, 0.15) is 143 Å². The van der Waals surface area contributed by atoms with Gasteiger partial charge in [0.15, 0.2) is 0 Å². The number of rotatable bonds is 25. The summed E-state index contributed by atoms with van der Waals surface area (Å²) in [7, 11) is 0. The van der Waals surface area contributed by atoms with Crippen LogP contribution in [0.25, 0.3) is 0 Å². The van der Waals surface area contributed by atoms with Crippen molar-refractivity contribution in [1.29, 1.82) is 0 Å². The van der Waals surface area contributed by atoms with Gasteiger partial charge >= 0.3 is 5.97 Å². The zero-order chi connectivity index (χ0) is 27.7. The summed E-state index contributed by atoms with van der Waals surface area (Å²) in [6.07, 6.45) is 30.0. The maximum Gasteiger partial charge on any atom is 0.306 e. The first-order chi connectivity index (χ1) is 18.6. The summed E-state index contributed by atoms with van der Waals surface area (Å²) in [4.78, 5) is 14.8. The predicted octanol–water partition coefficient (Wildman–Crippen LogP) is 9.32. The topological polar surface area (TPSA) is 41.6 Å². The molecule has 0 amide bonds. The van der Waals surface area contributed by atoms with Gasteiger partial charge in [0.1, 0.15) is 0 Å². The van der Waals surface area contributed by atoms with Crippen molar-refractivity contribution in [1.82, 2.24) is 10.2 Å². The van der Waals surface area contributed by atoms with E-state index in [-0.39, 0.29) is 5.97 Å². The smallest absolute Gasteiger partial charge is 0.306 e. The van der Waals surface area contributed by atoms with E-state index >= 15 is 0 Å². The van der Waals surface area contributed by atoms with Gasteiger partial charge in [0, 0.05) is 31.4 Å². The highest BCUT2D eigenvalue weighted by Crippen LogP contribution is 2.22. The lowest BCUT2D eigenvalue weighted by Crippen LogP contribution is -2.41. The first kappa shape index (κ1) is 34.5. The summed E-state index contributed by atoms with van der Waals surface area (Å²) >= 11 is 0. The fraction of sp³-hybridized carbons (Fsp3) is 0.824. The van der Waals surface area contributed by atoms with Crippen molar-refractivity contribution in [3.8, 4) is 0 Å². The molecule has 0 saturated carbocycles. The number of nitrogens with one attached hydrogen (secondary N) is 1. The van der Waals surface area contributed by atoms with Crippen LogP contribution in [0.2, 0.25) is 0 Å². The molecule has 2 unspecified atom stereocenters. The predicted molar refractivity (Wildman–Crippen MR) is 164 cm³/mol. The Hall–Kier alpha value is -1.51. The molecular weight excluding hydrogens is 468 g/mol. The van der Waals surface area contributed by atoms with Crippen molar-refractivity contribution in [2.75, 3.05) is 19.7 Å². The molecule has 0 aromatic heterocycles. The molecule has 0 bridgehead atoms. The van der Waals surface area contributed by atoms with Crippen LogP contribution in [-0.4, -0.2) is 36.6 Å². The van der Waals surface area contributed by atoms with Gasteiger partial charge < -0.3 is 15.0 Å². The van der Waals surface area contributed by atoms with Gasteiger partial charge in [0.25, 0.3) is 0 Å². The van der Waals surface area contributed by atoms with Crippen LogP contribution in [0, 0.1) is 11.8 Å². The number of allylic oxidation sites excluding steroid dienone is 2. The fourth-order valence-corrected chi connectivity index (χ4v) is 5.15. The Morgan fingerprint density at radius 1 is 0.895 bits per heavy atom. The Bertz CT molecular complexity index is 651. The first-order valence-electron chi connectivity index (χ1n) is 16.3. The molecule has 0 spiro atoms. The third-order valence-electron chi connectivity index (χ3n) is 7.75. The van der Waals surface area contributed by atoms with Gasteiger partial charge in [0.2, 0.25) is 0 Å². The lowest BCUT2D eigenvalue weighted by atomic mass is 9.91. The Balaban J connectivity index is 2.17. The minimum Gasteiger partial charge on any atom is -0.466 e. The van der Waals surface area contributed by atoms with Gasteiger partial charge in [-0.2, -0.15) is 0 Å². The number of ether oxygens (including phenoxy) is 1.